The highest BCUT2D eigenvalue weighted by atomic mass is 16.4. The van der Waals surface area contributed by atoms with Crippen molar-refractivity contribution in [3.63, 3.8) is 0 Å². The second-order valence-corrected chi connectivity index (χ2v) is 6.17. The topological polar surface area (TPSA) is 62.5 Å². The van der Waals surface area contributed by atoms with Gasteiger partial charge < -0.3 is 14.6 Å². The van der Waals surface area contributed by atoms with E-state index in [-0.39, 0.29) is 17.2 Å². The monoisotopic (exact) mass is 276 g/mol. The first-order valence-electron chi connectivity index (χ1n) is 7.09. The van der Waals surface area contributed by atoms with Gasteiger partial charge in [-0.1, -0.05) is 0 Å². The molecule has 2 aliphatic rings. The number of carboxylic acid groups (broad SMARTS) is 1. The first kappa shape index (κ1) is 13.2. The van der Waals surface area contributed by atoms with Crippen molar-refractivity contribution >= 4 is 11.9 Å². The third-order valence-corrected chi connectivity index (χ3v) is 5.13. The SMILES string of the molecule is Cc1ccc(C(=O)N2CCC3(CC2)CC3C(=O)O)n1C. The predicted molar refractivity (Wildman–Crippen MR) is 73.5 cm³/mol. The molecule has 2 fully saturated rings. The Morgan fingerprint density at radius 2 is 1.95 bits per heavy atom. The Morgan fingerprint density at radius 1 is 1.30 bits per heavy atom. The molecule has 1 unspecified atom stereocenters. The minimum Gasteiger partial charge on any atom is -0.481 e. The average molecular weight is 276 g/mol. The first-order valence-corrected chi connectivity index (χ1v) is 7.09. The smallest absolute Gasteiger partial charge is 0.307 e. The van der Waals surface area contributed by atoms with Gasteiger partial charge in [-0.05, 0) is 43.7 Å². The van der Waals surface area contributed by atoms with Crippen molar-refractivity contribution in [3.05, 3.63) is 23.5 Å². The number of aryl methyl sites for hydroxylation is 1. The molecule has 1 atom stereocenters. The third kappa shape index (κ3) is 1.92. The number of hydrogen-bond acceptors (Lipinski definition) is 2. The second-order valence-electron chi connectivity index (χ2n) is 6.17. The zero-order valence-corrected chi connectivity index (χ0v) is 11.9. The summed E-state index contributed by atoms with van der Waals surface area (Å²) >= 11 is 0. The van der Waals surface area contributed by atoms with Crippen LogP contribution in [0.4, 0.5) is 0 Å². The molecule has 1 aromatic heterocycles. The number of aliphatic carboxylic acids is 1. The number of hydrogen-bond donors (Lipinski definition) is 1. The minimum atomic E-state index is -0.678. The van der Waals surface area contributed by atoms with Crippen LogP contribution in [0.5, 0.6) is 0 Å². The summed E-state index contributed by atoms with van der Waals surface area (Å²) in [6.45, 7) is 3.32. The van der Waals surface area contributed by atoms with E-state index in [4.69, 9.17) is 5.11 Å². The lowest BCUT2D eigenvalue weighted by Crippen LogP contribution is -2.40. The number of carbonyl (C=O) groups is 2. The standard InChI is InChI=1S/C15H20N2O3/c1-10-3-4-12(16(10)2)13(18)17-7-5-15(6-8-17)9-11(15)14(19)20/h3-4,11H,5-9H2,1-2H3,(H,19,20). The molecule has 1 spiro atoms. The number of carbonyl (C=O) groups excluding carboxylic acids is 1. The van der Waals surface area contributed by atoms with Crippen LogP contribution in [0.3, 0.4) is 0 Å². The van der Waals surface area contributed by atoms with Crippen molar-refractivity contribution in [2.75, 3.05) is 13.1 Å². The summed E-state index contributed by atoms with van der Waals surface area (Å²) in [5.41, 5.74) is 1.76. The van der Waals surface area contributed by atoms with Crippen LogP contribution in [0.1, 0.15) is 35.4 Å². The molecule has 1 saturated carbocycles. The number of carboxylic acids is 1. The van der Waals surface area contributed by atoms with E-state index < -0.39 is 5.97 Å². The van der Waals surface area contributed by atoms with Gasteiger partial charge in [-0.25, -0.2) is 0 Å². The van der Waals surface area contributed by atoms with Crippen LogP contribution in [0, 0.1) is 18.3 Å². The van der Waals surface area contributed by atoms with Crippen molar-refractivity contribution in [2.24, 2.45) is 18.4 Å². The molecule has 20 heavy (non-hydrogen) atoms. The zero-order valence-electron chi connectivity index (χ0n) is 11.9. The highest BCUT2D eigenvalue weighted by molar-refractivity contribution is 5.93. The van der Waals surface area contributed by atoms with Crippen LogP contribution in [-0.4, -0.2) is 39.5 Å². The van der Waals surface area contributed by atoms with Gasteiger partial charge in [-0.15, -0.1) is 0 Å². The second kappa shape index (κ2) is 4.36. The maximum Gasteiger partial charge on any atom is 0.307 e. The highest BCUT2D eigenvalue weighted by Crippen LogP contribution is 2.59. The van der Waals surface area contributed by atoms with Crippen LogP contribution in [0.25, 0.3) is 0 Å². The van der Waals surface area contributed by atoms with Crippen molar-refractivity contribution in [3.8, 4) is 0 Å². The average Bonchev–Trinajstić information content (AvgIpc) is 3.03. The van der Waals surface area contributed by atoms with E-state index in [1.165, 1.54) is 0 Å². The predicted octanol–water partition coefficient (Wildman–Crippen LogP) is 1.66. The Bertz CT molecular complexity index is 568. The quantitative estimate of drug-likeness (QED) is 0.893. The summed E-state index contributed by atoms with van der Waals surface area (Å²) < 4.78 is 1.91. The summed E-state index contributed by atoms with van der Waals surface area (Å²) in [6.07, 6.45) is 2.42. The van der Waals surface area contributed by atoms with Gasteiger partial charge in [-0.2, -0.15) is 0 Å². The van der Waals surface area contributed by atoms with E-state index >= 15 is 0 Å². The van der Waals surface area contributed by atoms with E-state index in [2.05, 4.69) is 0 Å². The summed E-state index contributed by atoms with van der Waals surface area (Å²) in [7, 11) is 1.90. The van der Waals surface area contributed by atoms with Crippen molar-refractivity contribution in [1.82, 2.24) is 9.47 Å². The van der Waals surface area contributed by atoms with Crippen LogP contribution in [0.2, 0.25) is 0 Å². The van der Waals surface area contributed by atoms with E-state index in [1.807, 2.05) is 35.6 Å². The van der Waals surface area contributed by atoms with E-state index in [0.717, 1.165) is 25.0 Å². The van der Waals surface area contributed by atoms with E-state index in [9.17, 15) is 9.59 Å². The molecular weight excluding hydrogens is 256 g/mol. The Balaban J connectivity index is 1.66. The number of piperidine rings is 1. The number of aromatic nitrogens is 1. The summed E-state index contributed by atoms with van der Waals surface area (Å²) in [4.78, 5) is 25.4. The van der Waals surface area contributed by atoms with E-state index in [0.29, 0.717) is 18.8 Å². The van der Waals surface area contributed by atoms with Gasteiger partial charge in [0.1, 0.15) is 5.69 Å². The Kier molecular flexibility index (Phi) is 2.88. The summed E-state index contributed by atoms with van der Waals surface area (Å²) in [5.74, 6) is -0.803. The fourth-order valence-electron chi connectivity index (χ4n) is 3.39. The fourth-order valence-corrected chi connectivity index (χ4v) is 3.39. The van der Waals surface area contributed by atoms with Crippen molar-refractivity contribution < 1.29 is 14.7 Å². The number of rotatable bonds is 2. The molecule has 2 heterocycles. The largest absolute Gasteiger partial charge is 0.481 e. The number of amides is 1. The van der Waals surface area contributed by atoms with Crippen molar-refractivity contribution in [1.29, 1.82) is 0 Å². The molecule has 5 nitrogen and oxygen atoms in total. The number of nitrogens with zero attached hydrogens (tertiary/aromatic N) is 2. The zero-order chi connectivity index (χ0) is 14.5. The van der Waals surface area contributed by atoms with Crippen LogP contribution in [-0.2, 0) is 11.8 Å². The Labute approximate surface area is 118 Å². The van der Waals surface area contributed by atoms with Gasteiger partial charge in [0.25, 0.3) is 5.91 Å². The van der Waals surface area contributed by atoms with Crippen LogP contribution in [0.15, 0.2) is 12.1 Å². The normalized spacial score (nSPS) is 23.9. The van der Waals surface area contributed by atoms with E-state index in [1.54, 1.807) is 0 Å². The first-order chi connectivity index (χ1) is 9.44. The molecule has 5 heteroatoms. The lowest BCUT2D eigenvalue weighted by molar-refractivity contribution is -0.139. The van der Waals surface area contributed by atoms with Gasteiger partial charge in [0.2, 0.25) is 0 Å². The Hall–Kier alpha value is -1.78. The molecule has 0 radical (unpaired) electrons. The van der Waals surface area contributed by atoms with Gasteiger partial charge in [0.15, 0.2) is 0 Å². The molecule has 108 valence electrons. The number of likely N-dealkylation sites (tertiary alicyclic amines) is 1. The van der Waals surface area contributed by atoms with Gasteiger partial charge in [0, 0.05) is 25.8 Å². The lowest BCUT2D eigenvalue weighted by atomic mass is 9.90. The molecule has 1 saturated heterocycles. The van der Waals surface area contributed by atoms with Crippen molar-refractivity contribution in [2.45, 2.75) is 26.2 Å². The van der Waals surface area contributed by atoms with Gasteiger partial charge in [0.05, 0.1) is 5.92 Å². The molecule has 3 rings (SSSR count). The van der Waals surface area contributed by atoms with Crippen LogP contribution < -0.4 is 0 Å². The maximum absolute atomic E-state index is 12.5. The third-order valence-electron chi connectivity index (χ3n) is 5.13. The molecule has 1 N–H and O–H groups in total. The molecule has 0 aromatic carbocycles. The molecule has 1 aliphatic carbocycles. The molecular formula is C15H20N2O3. The summed E-state index contributed by atoms with van der Waals surface area (Å²) in [6, 6.07) is 3.80. The Morgan fingerprint density at radius 3 is 2.40 bits per heavy atom. The molecule has 0 bridgehead atoms. The van der Waals surface area contributed by atoms with Crippen LogP contribution >= 0.6 is 0 Å². The minimum absolute atomic E-state index is 0.0211. The van der Waals surface area contributed by atoms with Gasteiger partial charge in [-0.3, -0.25) is 9.59 Å². The maximum atomic E-state index is 12.5. The van der Waals surface area contributed by atoms with Gasteiger partial charge >= 0.3 is 5.97 Å². The highest BCUT2D eigenvalue weighted by Gasteiger charge is 2.59. The summed E-state index contributed by atoms with van der Waals surface area (Å²) in [5, 5.41) is 9.08. The molecule has 1 aromatic rings. The fraction of sp³-hybridized carbons (Fsp3) is 0.600. The molecule has 1 amide bonds. The lowest BCUT2D eigenvalue weighted by Gasteiger charge is -2.32. The molecule has 1 aliphatic heterocycles.